The minimum atomic E-state index is -1.73. The summed E-state index contributed by atoms with van der Waals surface area (Å²) in [7, 11) is 0. The smallest absolute Gasteiger partial charge is 0.225 e. The van der Waals surface area contributed by atoms with Crippen molar-refractivity contribution < 1.29 is 35.0 Å². The number of halogens is 1. The maximum atomic E-state index is 10.6. The topological polar surface area (TPSA) is 120 Å². The first-order valence-electron chi connectivity index (χ1n) is 8.87. The number of fused-ring (bicyclic) bond motifs is 2. The summed E-state index contributed by atoms with van der Waals surface area (Å²) < 4.78 is 11.6. The molecule has 2 heterocycles. The summed E-state index contributed by atoms with van der Waals surface area (Å²) >= 11 is 6.34. The van der Waals surface area contributed by atoms with Crippen molar-refractivity contribution in [3.63, 3.8) is 0 Å². The van der Waals surface area contributed by atoms with Crippen LogP contribution in [0.1, 0.15) is 16.7 Å². The average Bonchev–Trinajstić information content (AvgIpc) is 3.08. The van der Waals surface area contributed by atoms with E-state index in [1.54, 1.807) is 42.5 Å². The van der Waals surface area contributed by atoms with E-state index in [9.17, 15) is 25.5 Å². The highest BCUT2D eigenvalue weighted by Gasteiger charge is 2.67. The summed E-state index contributed by atoms with van der Waals surface area (Å²) in [6.45, 7) is -0.762. The molecule has 2 fully saturated rings. The van der Waals surface area contributed by atoms with Crippen molar-refractivity contribution in [3.8, 4) is 5.75 Å². The van der Waals surface area contributed by atoms with E-state index in [1.807, 2.05) is 0 Å². The van der Waals surface area contributed by atoms with E-state index in [0.717, 1.165) is 11.1 Å². The molecule has 5 atom stereocenters. The first-order valence-corrected chi connectivity index (χ1v) is 9.25. The lowest BCUT2D eigenvalue weighted by Gasteiger charge is -2.46. The number of phenols is 1. The first-order chi connectivity index (χ1) is 13.3. The van der Waals surface area contributed by atoms with Gasteiger partial charge in [-0.3, -0.25) is 0 Å². The fourth-order valence-corrected chi connectivity index (χ4v) is 4.02. The van der Waals surface area contributed by atoms with Gasteiger partial charge in [-0.05, 0) is 41.8 Å². The molecule has 2 aliphatic rings. The predicted molar refractivity (Wildman–Crippen MR) is 98.9 cm³/mol. The third-order valence-corrected chi connectivity index (χ3v) is 5.88. The van der Waals surface area contributed by atoms with Crippen molar-refractivity contribution >= 4 is 11.6 Å². The Bertz CT molecular complexity index is 873. The van der Waals surface area contributed by atoms with Gasteiger partial charge in [0.15, 0.2) is 0 Å². The molecule has 5 N–H and O–H groups in total. The highest BCUT2D eigenvalue weighted by molar-refractivity contribution is 6.31. The summed E-state index contributed by atoms with van der Waals surface area (Å²) in [4.78, 5) is 0. The molecule has 4 rings (SSSR count). The van der Waals surface area contributed by atoms with Gasteiger partial charge in [0.1, 0.15) is 29.7 Å². The molecule has 2 aromatic carbocycles. The van der Waals surface area contributed by atoms with Crippen molar-refractivity contribution in [2.75, 3.05) is 13.2 Å². The molecule has 28 heavy (non-hydrogen) atoms. The van der Waals surface area contributed by atoms with E-state index < -0.39 is 36.3 Å². The van der Waals surface area contributed by atoms with Crippen LogP contribution in [-0.4, -0.2) is 62.7 Å². The fraction of sp³-hybridized carbons (Fsp3) is 0.400. The van der Waals surface area contributed by atoms with Gasteiger partial charge in [0.05, 0.1) is 13.2 Å². The molecular weight excluding hydrogens is 388 g/mol. The zero-order chi connectivity index (χ0) is 20.1. The Morgan fingerprint density at radius 1 is 1.04 bits per heavy atom. The van der Waals surface area contributed by atoms with E-state index in [1.165, 1.54) is 0 Å². The Balaban J connectivity index is 1.72. The highest BCUT2D eigenvalue weighted by Crippen LogP contribution is 2.49. The van der Waals surface area contributed by atoms with Gasteiger partial charge in [0, 0.05) is 10.6 Å². The maximum absolute atomic E-state index is 10.6. The van der Waals surface area contributed by atoms with Gasteiger partial charge in [0.2, 0.25) is 5.79 Å². The van der Waals surface area contributed by atoms with Crippen LogP contribution < -0.4 is 0 Å². The molecule has 150 valence electrons. The molecule has 3 unspecified atom stereocenters. The van der Waals surface area contributed by atoms with Crippen molar-refractivity contribution in [1.82, 2.24) is 0 Å². The molecule has 0 saturated carbocycles. The molecular formula is C20H21ClO7. The van der Waals surface area contributed by atoms with E-state index in [2.05, 4.69) is 0 Å². The zero-order valence-corrected chi connectivity index (χ0v) is 15.6. The number of aliphatic hydroxyl groups excluding tert-OH is 4. The standard InChI is InChI=1S/C20H21ClO7/c21-15-6-3-13(8-12(15)7-11-1-4-14(23)5-2-11)20-18(26)16(24)17(25)19(9-22,28-20)10-27-20/h1-6,8,16-18,22-26H,7,9-10H2/t16-,17-,18?,19?,20?/m0/s1. The van der Waals surface area contributed by atoms with E-state index in [0.29, 0.717) is 17.0 Å². The minimum absolute atomic E-state index is 0.161. The average molecular weight is 409 g/mol. The van der Waals surface area contributed by atoms with Gasteiger partial charge in [-0.25, -0.2) is 0 Å². The Morgan fingerprint density at radius 3 is 2.43 bits per heavy atom. The summed E-state index contributed by atoms with van der Waals surface area (Å²) in [5.74, 6) is -1.57. The quantitative estimate of drug-likeness (QED) is 0.504. The molecule has 8 heteroatoms. The van der Waals surface area contributed by atoms with Crippen molar-refractivity contribution in [1.29, 1.82) is 0 Å². The van der Waals surface area contributed by atoms with Crippen LogP contribution in [0.2, 0.25) is 5.02 Å². The number of aliphatic hydroxyl groups is 4. The van der Waals surface area contributed by atoms with Crippen LogP contribution in [0.5, 0.6) is 5.75 Å². The summed E-state index contributed by atoms with van der Waals surface area (Å²) in [6.07, 6.45) is -4.16. The molecule has 0 radical (unpaired) electrons. The monoisotopic (exact) mass is 408 g/mol. The number of rotatable bonds is 4. The maximum Gasteiger partial charge on any atom is 0.225 e. The second kappa shape index (κ2) is 6.96. The number of hydrogen-bond donors (Lipinski definition) is 5. The summed E-state index contributed by atoms with van der Waals surface area (Å²) in [5, 5.41) is 50.8. The van der Waals surface area contributed by atoms with Crippen LogP contribution in [0.15, 0.2) is 42.5 Å². The number of hydrogen-bond acceptors (Lipinski definition) is 7. The number of benzene rings is 2. The second-order valence-electron chi connectivity index (χ2n) is 7.31. The van der Waals surface area contributed by atoms with E-state index >= 15 is 0 Å². The van der Waals surface area contributed by atoms with Gasteiger partial charge >= 0.3 is 0 Å². The fourth-order valence-electron chi connectivity index (χ4n) is 3.84. The molecule has 0 amide bonds. The van der Waals surface area contributed by atoms with Gasteiger partial charge in [0.25, 0.3) is 0 Å². The Hall–Kier alpha value is -1.71. The molecule has 7 nitrogen and oxygen atoms in total. The van der Waals surface area contributed by atoms with Gasteiger partial charge in [-0.1, -0.05) is 29.8 Å². The summed E-state index contributed by atoms with van der Waals surface area (Å²) in [6, 6.07) is 11.6. The molecule has 2 aromatic rings. The van der Waals surface area contributed by atoms with Crippen LogP contribution in [0, 0.1) is 0 Å². The first kappa shape index (κ1) is 19.6. The zero-order valence-electron chi connectivity index (χ0n) is 14.8. The normalized spacial score (nSPS) is 34.5. The molecule has 2 bridgehead atoms. The van der Waals surface area contributed by atoms with Crippen molar-refractivity contribution in [2.45, 2.75) is 36.1 Å². The van der Waals surface area contributed by atoms with Crippen LogP contribution in [-0.2, 0) is 21.7 Å². The predicted octanol–water partition coefficient (Wildman–Crippen LogP) is 0.663. The summed E-state index contributed by atoms with van der Waals surface area (Å²) in [5.41, 5.74) is 0.530. The lowest BCUT2D eigenvalue weighted by Crippen LogP contribution is -2.65. The number of ether oxygens (including phenoxy) is 2. The minimum Gasteiger partial charge on any atom is -0.508 e. The van der Waals surface area contributed by atoms with Crippen LogP contribution in [0.4, 0.5) is 0 Å². The van der Waals surface area contributed by atoms with Crippen LogP contribution in [0.25, 0.3) is 0 Å². The molecule has 2 saturated heterocycles. The largest absolute Gasteiger partial charge is 0.508 e. The number of phenolic OH excluding ortho intramolecular Hbond substituents is 1. The highest BCUT2D eigenvalue weighted by atomic mass is 35.5. The second-order valence-corrected chi connectivity index (χ2v) is 7.72. The number of aromatic hydroxyl groups is 1. The lowest BCUT2D eigenvalue weighted by molar-refractivity contribution is -0.329. The Labute approximate surface area is 166 Å². The Morgan fingerprint density at radius 2 is 1.75 bits per heavy atom. The molecule has 0 spiro atoms. The Kier molecular flexibility index (Phi) is 4.87. The van der Waals surface area contributed by atoms with Gasteiger partial charge in [-0.15, -0.1) is 0 Å². The third kappa shape index (κ3) is 2.91. The van der Waals surface area contributed by atoms with Crippen molar-refractivity contribution in [2.24, 2.45) is 0 Å². The van der Waals surface area contributed by atoms with Gasteiger partial charge < -0.3 is 35.0 Å². The van der Waals surface area contributed by atoms with E-state index in [-0.39, 0.29) is 12.4 Å². The molecule has 2 aliphatic heterocycles. The van der Waals surface area contributed by atoms with Crippen molar-refractivity contribution in [3.05, 3.63) is 64.2 Å². The van der Waals surface area contributed by atoms with Crippen LogP contribution >= 0.6 is 11.6 Å². The van der Waals surface area contributed by atoms with Gasteiger partial charge in [-0.2, -0.15) is 0 Å². The lowest BCUT2D eigenvalue weighted by atomic mass is 9.83. The molecule has 0 aromatic heterocycles. The van der Waals surface area contributed by atoms with Crippen LogP contribution in [0.3, 0.4) is 0 Å². The third-order valence-electron chi connectivity index (χ3n) is 5.51. The SMILES string of the molecule is OCC12COC(c3ccc(Cl)c(Cc4ccc(O)cc4)c3)(O1)C(O)[C@@H](O)[C@@H]2O. The molecule has 0 aliphatic carbocycles. The van der Waals surface area contributed by atoms with E-state index in [4.69, 9.17) is 21.1 Å².